The molecule has 7 rings (SSSR count). The molecule has 2 aromatic rings. The standard InChI is InChI=1S/C33H30N2O10/c1-6-43-32(42)25-15(2)22-23-26(30(40)34(28(23)38)18-7-11-20(12-8-18)44-16(3)36)33(25,5)27-24(22)29(39)35(31(27)41)19-9-13-21(14-10-19)45-17(4)37/h7-14,22-24,26-27H,6H2,1-5H3/t22?,23-,24-,26-,27-,33?/m1/s1. The summed E-state index contributed by atoms with van der Waals surface area (Å²) in [6.07, 6.45) is 0. The van der Waals surface area contributed by atoms with Crippen molar-refractivity contribution in [2.75, 3.05) is 16.4 Å². The molecule has 0 spiro atoms. The summed E-state index contributed by atoms with van der Waals surface area (Å²) in [4.78, 5) is 95.2. The van der Waals surface area contributed by atoms with E-state index < -0.39 is 76.5 Å². The van der Waals surface area contributed by atoms with E-state index in [4.69, 9.17) is 14.2 Å². The molecular weight excluding hydrogens is 584 g/mol. The van der Waals surface area contributed by atoms with Gasteiger partial charge in [-0.2, -0.15) is 0 Å². The number of esters is 3. The van der Waals surface area contributed by atoms with E-state index in [0.717, 1.165) is 9.80 Å². The number of carbonyl (C=O) groups is 7. The van der Waals surface area contributed by atoms with Gasteiger partial charge in [0.2, 0.25) is 23.6 Å². The van der Waals surface area contributed by atoms with Gasteiger partial charge in [-0.25, -0.2) is 4.79 Å². The highest BCUT2D eigenvalue weighted by atomic mass is 16.5. The molecule has 12 heteroatoms. The molecule has 0 N–H and O–H groups in total. The Labute approximate surface area is 257 Å². The lowest BCUT2D eigenvalue weighted by Crippen LogP contribution is -2.61. The van der Waals surface area contributed by atoms with Crippen LogP contribution in [-0.2, 0) is 38.3 Å². The SMILES string of the molecule is CCOC(=O)C1=C(C)C2[C@H]3C(=O)N(c4ccc(OC(C)=O)cc4)C(=O)[C@@H]3C1(C)[C@H]1C(=O)N(c3ccc(OC(C)=O)cc3)C(=O)[C@H]21. The van der Waals surface area contributed by atoms with Crippen molar-refractivity contribution >= 4 is 52.9 Å². The van der Waals surface area contributed by atoms with Crippen molar-refractivity contribution < 1.29 is 47.8 Å². The van der Waals surface area contributed by atoms with E-state index in [0.29, 0.717) is 5.57 Å². The monoisotopic (exact) mass is 614 g/mol. The zero-order chi connectivity index (χ0) is 32.5. The molecule has 0 radical (unpaired) electrons. The van der Waals surface area contributed by atoms with Crippen molar-refractivity contribution in [2.24, 2.45) is 35.0 Å². The maximum Gasteiger partial charge on any atom is 0.334 e. The van der Waals surface area contributed by atoms with Crippen LogP contribution in [-0.4, -0.2) is 48.1 Å². The fraction of sp³-hybridized carbons (Fsp3) is 0.364. The van der Waals surface area contributed by atoms with E-state index in [9.17, 15) is 33.6 Å². The normalized spacial score (nSPS) is 28.3. The molecule has 1 saturated carbocycles. The fourth-order valence-corrected chi connectivity index (χ4v) is 7.98. The highest BCUT2D eigenvalue weighted by Gasteiger charge is 2.77. The third kappa shape index (κ3) is 4.22. The summed E-state index contributed by atoms with van der Waals surface area (Å²) in [5, 5.41) is 0. The number of benzene rings is 2. The van der Waals surface area contributed by atoms with Gasteiger partial charge in [-0.1, -0.05) is 12.5 Å². The Morgan fingerprint density at radius 2 is 1.09 bits per heavy atom. The number of nitrogens with zero attached hydrogens (tertiary/aromatic N) is 2. The first-order valence-electron chi connectivity index (χ1n) is 14.5. The molecule has 2 heterocycles. The average Bonchev–Trinajstić information content (AvgIpc) is 3.39. The van der Waals surface area contributed by atoms with Crippen LogP contribution in [0.2, 0.25) is 0 Å². The Morgan fingerprint density at radius 3 is 1.44 bits per heavy atom. The van der Waals surface area contributed by atoms with Gasteiger partial charge in [0.05, 0.1) is 41.7 Å². The second kappa shape index (κ2) is 10.5. The van der Waals surface area contributed by atoms with Crippen LogP contribution in [0, 0.1) is 35.0 Å². The van der Waals surface area contributed by atoms with Crippen LogP contribution in [0.15, 0.2) is 59.7 Å². The lowest BCUT2D eigenvalue weighted by atomic mass is 9.43. The summed E-state index contributed by atoms with van der Waals surface area (Å²) < 4.78 is 15.6. The number of allylic oxidation sites excluding steroid dienone is 1. The van der Waals surface area contributed by atoms with Crippen LogP contribution in [0.1, 0.15) is 34.6 Å². The molecule has 2 aliphatic heterocycles. The lowest BCUT2D eigenvalue weighted by Gasteiger charge is -2.55. The van der Waals surface area contributed by atoms with E-state index in [1.165, 1.54) is 62.4 Å². The van der Waals surface area contributed by atoms with E-state index in [1.807, 2.05) is 0 Å². The summed E-state index contributed by atoms with van der Waals surface area (Å²) in [7, 11) is 0. The van der Waals surface area contributed by atoms with Gasteiger partial charge >= 0.3 is 17.9 Å². The number of rotatable bonds is 6. The first-order valence-corrected chi connectivity index (χ1v) is 14.5. The molecular formula is C33H30N2O10. The van der Waals surface area contributed by atoms with Gasteiger partial charge in [-0.05, 0) is 62.4 Å². The minimum absolute atomic E-state index is 0.0416. The first-order chi connectivity index (χ1) is 21.3. The Morgan fingerprint density at radius 1 is 0.689 bits per heavy atom. The minimum atomic E-state index is -1.56. The van der Waals surface area contributed by atoms with Crippen molar-refractivity contribution in [1.82, 2.24) is 0 Å². The van der Waals surface area contributed by atoms with Crippen LogP contribution >= 0.6 is 0 Å². The third-order valence-corrected chi connectivity index (χ3v) is 9.39. The van der Waals surface area contributed by atoms with Crippen LogP contribution in [0.5, 0.6) is 11.5 Å². The zero-order valence-electron chi connectivity index (χ0n) is 25.2. The molecule has 45 heavy (non-hydrogen) atoms. The van der Waals surface area contributed by atoms with E-state index >= 15 is 0 Å². The smallest absolute Gasteiger partial charge is 0.334 e. The molecule has 0 aromatic heterocycles. The fourth-order valence-electron chi connectivity index (χ4n) is 7.98. The summed E-state index contributed by atoms with van der Waals surface area (Å²) in [5.74, 6) is -8.83. The lowest BCUT2D eigenvalue weighted by molar-refractivity contribution is -0.155. The van der Waals surface area contributed by atoms with Crippen LogP contribution in [0.3, 0.4) is 0 Å². The van der Waals surface area contributed by atoms with E-state index in [2.05, 4.69) is 0 Å². The molecule has 4 amide bonds. The predicted octanol–water partition coefficient (Wildman–Crippen LogP) is 2.98. The quantitative estimate of drug-likeness (QED) is 0.270. The van der Waals surface area contributed by atoms with Gasteiger partial charge in [0.25, 0.3) is 0 Å². The molecule has 2 bridgehead atoms. The van der Waals surface area contributed by atoms with Crippen molar-refractivity contribution in [3.8, 4) is 11.5 Å². The number of carbonyl (C=O) groups excluding carboxylic acids is 7. The van der Waals surface area contributed by atoms with Crippen molar-refractivity contribution in [2.45, 2.75) is 34.6 Å². The van der Waals surface area contributed by atoms with Crippen LogP contribution in [0.25, 0.3) is 0 Å². The molecule has 0 unspecified atom stereocenters. The van der Waals surface area contributed by atoms with E-state index in [-0.39, 0.29) is 35.1 Å². The molecule has 4 atom stereocenters. The van der Waals surface area contributed by atoms with Gasteiger partial charge in [0, 0.05) is 30.8 Å². The number of imide groups is 2. The van der Waals surface area contributed by atoms with Gasteiger partial charge in [-0.15, -0.1) is 0 Å². The Bertz CT molecular complexity index is 1620. The summed E-state index contributed by atoms with van der Waals surface area (Å²) in [5.41, 5.74) is -0.520. The Balaban J connectivity index is 1.45. The molecule has 2 aromatic carbocycles. The number of hydrogen-bond donors (Lipinski definition) is 0. The van der Waals surface area contributed by atoms with Crippen molar-refractivity contribution in [1.29, 1.82) is 0 Å². The zero-order valence-corrected chi connectivity index (χ0v) is 25.2. The Kier molecular flexibility index (Phi) is 6.98. The molecule has 3 fully saturated rings. The number of amides is 4. The van der Waals surface area contributed by atoms with Gasteiger partial charge in [0.15, 0.2) is 0 Å². The molecule has 5 aliphatic rings. The van der Waals surface area contributed by atoms with Crippen molar-refractivity contribution in [3.05, 3.63) is 59.7 Å². The minimum Gasteiger partial charge on any atom is -0.463 e. The van der Waals surface area contributed by atoms with Gasteiger partial charge in [-0.3, -0.25) is 38.6 Å². The van der Waals surface area contributed by atoms with Crippen molar-refractivity contribution in [3.63, 3.8) is 0 Å². The second-order valence-electron chi connectivity index (χ2n) is 11.8. The molecule has 12 nitrogen and oxygen atoms in total. The predicted molar refractivity (Wildman–Crippen MR) is 155 cm³/mol. The second-order valence-corrected chi connectivity index (χ2v) is 11.8. The van der Waals surface area contributed by atoms with Gasteiger partial charge < -0.3 is 14.2 Å². The average molecular weight is 615 g/mol. The largest absolute Gasteiger partial charge is 0.463 e. The van der Waals surface area contributed by atoms with E-state index in [1.54, 1.807) is 20.8 Å². The highest BCUT2D eigenvalue weighted by Crippen LogP contribution is 2.68. The molecule has 232 valence electrons. The summed E-state index contributed by atoms with van der Waals surface area (Å²) in [6, 6.07) is 11.7. The Hall–Kier alpha value is -5.13. The van der Waals surface area contributed by atoms with Gasteiger partial charge in [0.1, 0.15) is 11.5 Å². The van der Waals surface area contributed by atoms with Crippen LogP contribution < -0.4 is 19.3 Å². The third-order valence-electron chi connectivity index (χ3n) is 9.39. The summed E-state index contributed by atoms with van der Waals surface area (Å²) >= 11 is 0. The number of hydrogen-bond acceptors (Lipinski definition) is 10. The molecule has 2 saturated heterocycles. The number of anilines is 2. The summed E-state index contributed by atoms with van der Waals surface area (Å²) in [6.45, 7) is 7.43. The van der Waals surface area contributed by atoms with Crippen LogP contribution in [0.4, 0.5) is 11.4 Å². The first kappa shape index (κ1) is 29.9. The topological polar surface area (TPSA) is 154 Å². The number of ether oxygens (including phenoxy) is 3. The molecule has 3 aliphatic carbocycles. The maximum absolute atomic E-state index is 14.3. The highest BCUT2D eigenvalue weighted by molar-refractivity contribution is 6.27. The maximum atomic E-state index is 14.3.